The first-order chi connectivity index (χ1) is 4.69. The van der Waals surface area contributed by atoms with Gasteiger partial charge in [-0.25, -0.2) is 0 Å². The molecule has 1 heterocycles. The van der Waals surface area contributed by atoms with Gasteiger partial charge in [0, 0.05) is 6.61 Å². The van der Waals surface area contributed by atoms with E-state index in [1.807, 2.05) is 13.8 Å². The van der Waals surface area contributed by atoms with Crippen LogP contribution in [0, 0.1) is 0 Å². The molecule has 2 unspecified atom stereocenters. The predicted octanol–water partition coefficient (Wildman–Crippen LogP) is 1.33. The van der Waals surface area contributed by atoms with Crippen LogP contribution >= 0.6 is 0 Å². The summed E-state index contributed by atoms with van der Waals surface area (Å²) in [5, 5.41) is 9.49. The molecule has 1 fully saturated rings. The fourth-order valence-electron chi connectivity index (χ4n) is 1.50. The summed E-state index contributed by atoms with van der Waals surface area (Å²) in [4.78, 5) is 0. The van der Waals surface area contributed by atoms with Crippen molar-refractivity contribution >= 4 is 0 Å². The lowest BCUT2D eigenvalue weighted by molar-refractivity contribution is -0.0784. The van der Waals surface area contributed by atoms with E-state index >= 15 is 0 Å². The van der Waals surface area contributed by atoms with Crippen molar-refractivity contribution in [2.75, 3.05) is 6.61 Å². The van der Waals surface area contributed by atoms with Gasteiger partial charge in [0.2, 0.25) is 0 Å². The Morgan fingerprint density at radius 2 is 2.40 bits per heavy atom. The normalized spacial score (nSPS) is 36.3. The number of ether oxygens (including phenoxy) is 1. The van der Waals surface area contributed by atoms with Crippen LogP contribution in [0.1, 0.15) is 33.1 Å². The fourth-order valence-corrected chi connectivity index (χ4v) is 1.50. The molecular weight excluding hydrogens is 128 g/mol. The van der Waals surface area contributed by atoms with Crippen molar-refractivity contribution in [3.8, 4) is 0 Å². The highest BCUT2D eigenvalue weighted by Crippen LogP contribution is 2.29. The van der Waals surface area contributed by atoms with E-state index in [4.69, 9.17) is 4.74 Å². The number of aliphatic hydroxyl groups excluding tert-OH is 1. The minimum absolute atomic E-state index is 0.241. The molecule has 2 atom stereocenters. The van der Waals surface area contributed by atoms with Gasteiger partial charge in [-0.1, -0.05) is 6.92 Å². The molecule has 0 aromatic heterocycles. The van der Waals surface area contributed by atoms with Gasteiger partial charge in [-0.2, -0.15) is 0 Å². The zero-order chi connectivity index (χ0) is 7.61. The zero-order valence-corrected chi connectivity index (χ0v) is 6.76. The smallest absolute Gasteiger partial charge is 0.0912 e. The average Bonchev–Trinajstić information content (AvgIpc) is 2.36. The monoisotopic (exact) mass is 144 g/mol. The van der Waals surface area contributed by atoms with E-state index in [0.717, 1.165) is 25.9 Å². The Hall–Kier alpha value is -0.0800. The van der Waals surface area contributed by atoms with E-state index < -0.39 is 0 Å². The lowest BCUT2D eigenvalue weighted by atomic mass is 9.94. The molecule has 1 saturated heterocycles. The number of rotatable bonds is 2. The third kappa shape index (κ3) is 1.32. The second-order valence-corrected chi connectivity index (χ2v) is 3.19. The summed E-state index contributed by atoms with van der Waals surface area (Å²) in [5.74, 6) is 0. The van der Waals surface area contributed by atoms with Crippen LogP contribution in [-0.2, 0) is 4.74 Å². The molecule has 2 heteroatoms. The molecule has 0 aromatic carbocycles. The molecule has 1 aliphatic heterocycles. The third-order valence-corrected chi connectivity index (χ3v) is 2.34. The zero-order valence-electron chi connectivity index (χ0n) is 6.76. The molecule has 0 spiro atoms. The molecular formula is C8H16O2. The molecule has 0 amide bonds. The molecule has 60 valence electrons. The molecule has 1 aliphatic rings. The maximum atomic E-state index is 9.49. The quantitative estimate of drug-likeness (QED) is 0.633. The summed E-state index contributed by atoms with van der Waals surface area (Å²) in [5.41, 5.74) is -0.241. The first kappa shape index (κ1) is 8.02. The summed E-state index contributed by atoms with van der Waals surface area (Å²) in [6, 6.07) is 0. The van der Waals surface area contributed by atoms with Crippen molar-refractivity contribution in [3.05, 3.63) is 0 Å². The SMILES string of the molecule is CCC(O)C1(C)CCCO1. The topological polar surface area (TPSA) is 29.5 Å². The number of aliphatic hydroxyl groups is 1. The Kier molecular flexibility index (Phi) is 2.32. The average molecular weight is 144 g/mol. The number of hydrogen-bond donors (Lipinski definition) is 1. The van der Waals surface area contributed by atoms with Crippen LogP contribution in [0.25, 0.3) is 0 Å². The first-order valence-corrected chi connectivity index (χ1v) is 4.01. The minimum atomic E-state index is -0.282. The molecule has 0 saturated carbocycles. The molecule has 0 radical (unpaired) electrons. The van der Waals surface area contributed by atoms with E-state index in [0.29, 0.717) is 0 Å². The Bertz CT molecular complexity index is 106. The second kappa shape index (κ2) is 2.89. The van der Waals surface area contributed by atoms with Gasteiger partial charge < -0.3 is 9.84 Å². The molecule has 2 nitrogen and oxygen atoms in total. The van der Waals surface area contributed by atoms with Crippen LogP contribution in [-0.4, -0.2) is 23.4 Å². The Balaban J connectivity index is 2.49. The van der Waals surface area contributed by atoms with Crippen LogP contribution in [0.5, 0.6) is 0 Å². The lowest BCUT2D eigenvalue weighted by Gasteiger charge is -2.28. The molecule has 0 bridgehead atoms. The van der Waals surface area contributed by atoms with E-state index in [-0.39, 0.29) is 11.7 Å². The summed E-state index contributed by atoms with van der Waals surface area (Å²) in [6.45, 7) is 4.79. The summed E-state index contributed by atoms with van der Waals surface area (Å²) >= 11 is 0. The highest BCUT2D eigenvalue weighted by Gasteiger charge is 2.35. The lowest BCUT2D eigenvalue weighted by Crippen LogP contribution is -2.37. The van der Waals surface area contributed by atoms with Gasteiger partial charge >= 0.3 is 0 Å². The standard InChI is InChI=1S/C8H16O2/c1-3-7(9)8(2)5-4-6-10-8/h7,9H,3-6H2,1-2H3. The highest BCUT2D eigenvalue weighted by molar-refractivity contribution is 4.86. The maximum Gasteiger partial charge on any atom is 0.0912 e. The van der Waals surface area contributed by atoms with Crippen molar-refractivity contribution < 1.29 is 9.84 Å². The molecule has 0 aliphatic carbocycles. The van der Waals surface area contributed by atoms with Crippen molar-refractivity contribution in [1.29, 1.82) is 0 Å². The molecule has 1 N–H and O–H groups in total. The third-order valence-electron chi connectivity index (χ3n) is 2.34. The van der Waals surface area contributed by atoms with Gasteiger partial charge in [0.1, 0.15) is 0 Å². The fraction of sp³-hybridized carbons (Fsp3) is 1.00. The van der Waals surface area contributed by atoms with Crippen LogP contribution in [0.3, 0.4) is 0 Å². The minimum Gasteiger partial charge on any atom is -0.390 e. The van der Waals surface area contributed by atoms with Crippen molar-refractivity contribution in [3.63, 3.8) is 0 Å². The Labute approximate surface area is 62.2 Å². The predicted molar refractivity (Wildman–Crippen MR) is 39.9 cm³/mol. The van der Waals surface area contributed by atoms with Crippen LogP contribution in [0.4, 0.5) is 0 Å². The van der Waals surface area contributed by atoms with Gasteiger partial charge in [0.15, 0.2) is 0 Å². The maximum absolute atomic E-state index is 9.49. The highest BCUT2D eigenvalue weighted by atomic mass is 16.5. The van der Waals surface area contributed by atoms with E-state index in [9.17, 15) is 5.11 Å². The van der Waals surface area contributed by atoms with Gasteiger partial charge in [0.05, 0.1) is 11.7 Å². The van der Waals surface area contributed by atoms with Crippen LogP contribution in [0.2, 0.25) is 0 Å². The number of hydrogen-bond acceptors (Lipinski definition) is 2. The summed E-state index contributed by atoms with van der Waals surface area (Å²) in [6.07, 6.45) is 2.60. The molecule has 0 aromatic rings. The molecule has 10 heavy (non-hydrogen) atoms. The van der Waals surface area contributed by atoms with E-state index in [1.54, 1.807) is 0 Å². The van der Waals surface area contributed by atoms with Crippen molar-refractivity contribution in [1.82, 2.24) is 0 Å². The van der Waals surface area contributed by atoms with Gasteiger partial charge in [-0.05, 0) is 26.2 Å². The second-order valence-electron chi connectivity index (χ2n) is 3.19. The van der Waals surface area contributed by atoms with E-state index in [2.05, 4.69) is 0 Å². The van der Waals surface area contributed by atoms with Gasteiger partial charge in [-0.15, -0.1) is 0 Å². The first-order valence-electron chi connectivity index (χ1n) is 4.01. The Morgan fingerprint density at radius 1 is 1.70 bits per heavy atom. The van der Waals surface area contributed by atoms with Crippen LogP contribution < -0.4 is 0 Å². The summed E-state index contributed by atoms with van der Waals surface area (Å²) in [7, 11) is 0. The van der Waals surface area contributed by atoms with Crippen molar-refractivity contribution in [2.24, 2.45) is 0 Å². The Morgan fingerprint density at radius 3 is 2.80 bits per heavy atom. The largest absolute Gasteiger partial charge is 0.390 e. The van der Waals surface area contributed by atoms with Gasteiger partial charge in [-0.3, -0.25) is 0 Å². The molecule has 1 rings (SSSR count). The van der Waals surface area contributed by atoms with Crippen LogP contribution in [0.15, 0.2) is 0 Å². The summed E-state index contributed by atoms with van der Waals surface area (Å²) < 4.78 is 5.44. The van der Waals surface area contributed by atoms with E-state index in [1.165, 1.54) is 0 Å². The van der Waals surface area contributed by atoms with Gasteiger partial charge in [0.25, 0.3) is 0 Å². The van der Waals surface area contributed by atoms with Crippen molar-refractivity contribution in [2.45, 2.75) is 44.8 Å².